The van der Waals surface area contributed by atoms with Gasteiger partial charge in [0.25, 0.3) is 0 Å². The Bertz CT molecular complexity index is 765. The summed E-state index contributed by atoms with van der Waals surface area (Å²) in [6.45, 7) is 0. The van der Waals surface area contributed by atoms with Gasteiger partial charge in [-0.15, -0.1) is 10.2 Å². The van der Waals surface area contributed by atoms with Gasteiger partial charge in [-0.2, -0.15) is 0 Å². The van der Waals surface area contributed by atoms with E-state index < -0.39 is 0 Å². The summed E-state index contributed by atoms with van der Waals surface area (Å²) in [5.41, 5.74) is 2.41. The molecule has 0 aliphatic heterocycles. The molecule has 1 N–H and O–H groups in total. The molecule has 0 fully saturated rings. The molecule has 0 atom stereocenters. The molecule has 0 aromatic carbocycles. The van der Waals surface area contributed by atoms with Crippen LogP contribution in [0.15, 0.2) is 66.2 Å². The minimum atomic E-state index is -0.108. The highest BCUT2D eigenvalue weighted by Gasteiger charge is 2.06. The number of hydrogen-bond acceptors (Lipinski definition) is 6. The van der Waals surface area contributed by atoms with Crippen molar-refractivity contribution in [1.82, 2.24) is 20.2 Å². The first-order valence-corrected chi connectivity index (χ1v) is 7.86. The summed E-state index contributed by atoms with van der Waals surface area (Å²) >= 11 is 1.33. The first kappa shape index (κ1) is 15.1. The second-order valence-electron chi connectivity index (χ2n) is 4.57. The molecule has 0 bridgehead atoms. The molecular weight excluding hydrogens is 310 g/mol. The summed E-state index contributed by atoms with van der Waals surface area (Å²) in [4.78, 5) is 19.8. The molecule has 0 aliphatic rings. The quantitative estimate of drug-likeness (QED) is 0.727. The number of anilines is 1. The summed E-state index contributed by atoms with van der Waals surface area (Å²) in [7, 11) is 0. The molecule has 3 heterocycles. The molecule has 0 unspecified atom stereocenters. The van der Waals surface area contributed by atoms with Gasteiger partial charge in [0.15, 0.2) is 0 Å². The standard InChI is InChI=1S/C16H13N5OS/c22-15(19-13-2-1-7-18-10-13)11-23-16-4-3-14(20-21-16)12-5-8-17-9-6-12/h1-10H,11H2,(H,19,22). The number of thioether (sulfide) groups is 1. The van der Waals surface area contributed by atoms with Crippen LogP contribution in [0, 0.1) is 0 Å². The molecule has 0 radical (unpaired) electrons. The van der Waals surface area contributed by atoms with Crippen LogP contribution in [-0.2, 0) is 4.79 Å². The van der Waals surface area contributed by atoms with Crippen molar-refractivity contribution < 1.29 is 4.79 Å². The van der Waals surface area contributed by atoms with Crippen molar-refractivity contribution in [2.75, 3.05) is 11.1 Å². The van der Waals surface area contributed by atoms with E-state index in [0.717, 1.165) is 11.3 Å². The first-order valence-electron chi connectivity index (χ1n) is 6.88. The third-order valence-corrected chi connectivity index (χ3v) is 3.83. The van der Waals surface area contributed by atoms with E-state index in [2.05, 4.69) is 25.5 Å². The molecule has 0 saturated carbocycles. The molecule has 0 spiro atoms. The molecule has 23 heavy (non-hydrogen) atoms. The lowest BCUT2D eigenvalue weighted by molar-refractivity contribution is -0.113. The fourth-order valence-electron chi connectivity index (χ4n) is 1.85. The van der Waals surface area contributed by atoms with Gasteiger partial charge in [-0.25, -0.2) is 0 Å². The van der Waals surface area contributed by atoms with Gasteiger partial charge in [-0.3, -0.25) is 14.8 Å². The predicted molar refractivity (Wildman–Crippen MR) is 88.9 cm³/mol. The monoisotopic (exact) mass is 323 g/mol. The molecule has 1 amide bonds. The minimum absolute atomic E-state index is 0.108. The highest BCUT2D eigenvalue weighted by molar-refractivity contribution is 7.99. The number of carbonyl (C=O) groups is 1. The van der Waals surface area contributed by atoms with Crippen molar-refractivity contribution in [3.05, 3.63) is 61.2 Å². The molecule has 7 heteroatoms. The average Bonchev–Trinajstić information content (AvgIpc) is 2.62. The van der Waals surface area contributed by atoms with E-state index in [0.29, 0.717) is 10.7 Å². The highest BCUT2D eigenvalue weighted by atomic mass is 32.2. The maximum absolute atomic E-state index is 11.9. The van der Waals surface area contributed by atoms with E-state index in [-0.39, 0.29) is 11.7 Å². The van der Waals surface area contributed by atoms with E-state index in [1.165, 1.54) is 11.8 Å². The Labute approximate surface area is 137 Å². The number of pyridine rings is 2. The van der Waals surface area contributed by atoms with Crippen molar-refractivity contribution in [1.29, 1.82) is 0 Å². The number of rotatable bonds is 5. The van der Waals surface area contributed by atoms with Gasteiger partial charge in [-0.1, -0.05) is 11.8 Å². The summed E-state index contributed by atoms with van der Waals surface area (Å²) in [6.07, 6.45) is 6.68. The zero-order chi connectivity index (χ0) is 15.9. The zero-order valence-corrected chi connectivity index (χ0v) is 12.9. The van der Waals surface area contributed by atoms with Crippen LogP contribution in [-0.4, -0.2) is 31.8 Å². The largest absolute Gasteiger partial charge is 0.324 e. The SMILES string of the molecule is O=C(CSc1ccc(-c2ccncc2)nn1)Nc1cccnc1. The Morgan fingerprint density at radius 3 is 2.57 bits per heavy atom. The molecule has 6 nitrogen and oxygen atoms in total. The van der Waals surface area contributed by atoms with Crippen molar-refractivity contribution >= 4 is 23.4 Å². The average molecular weight is 323 g/mol. The van der Waals surface area contributed by atoms with Crippen LogP contribution in [0.5, 0.6) is 0 Å². The fraction of sp³-hybridized carbons (Fsp3) is 0.0625. The van der Waals surface area contributed by atoms with Gasteiger partial charge in [0, 0.05) is 24.2 Å². The maximum Gasteiger partial charge on any atom is 0.234 e. The van der Waals surface area contributed by atoms with Gasteiger partial charge in [-0.05, 0) is 36.4 Å². The van der Waals surface area contributed by atoms with Gasteiger partial charge >= 0.3 is 0 Å². The number of aromatic nitrogens is 4. The van der Waals surface area contributed by atoms with Gasteiger partial charge in [0.2, 0.25) is 5.91 Å². The molecule has 0 aliphatic carbocycles. The van der Waals surface area contributed by atoms with Crippen LogP contribution in [0.3, 0.4) is 0 Å². The van der Waals surface area contributed by atoms with Crippen molar-refractivity contribution in [2.24, 2.45) is 0 Å². The lowest BCUT2D eigenvalue weighted by atomic mass is 10.2. The van der Waals surface area contributed by atoms with Crippen molar-refractivity contribution in [3.63, 3.8) is 0 Å². The molecule has 3 rings (SSSR count). The van der Waals surface area contributed by atoms with Crippen molar-refractivity contribution in [3.8, 4) is 11.3 Å². The summed E-state index contributed by atoms with van der Waals surface area (Å²) in [5.74, 6) is 0.154. The van der Waals surface area contributed by atoms with Gasteiger partial charge in [0.1, 0.15) is 5.03 Å². The van der Waals surface area contributed by atoms with E-state index >= 15 is 0 Å². The number of carbonyl (C=O) groups excluding carboxylic acids is 1. The number of amides is 1. The molecule has 0 saturated heterocycles. The predicted octanol–water partition coefficient (Wildman–Crippen LogP) is 2.66. The van der Waals surface area contributed by atoms with E-state index in [1.807, 2.05) is 24.3 Å². The van der Waals surface area contributed by atoms with Crippen LogP contribution in [0.4, 0.5) is 5.69 Å². The molecule has 114 valence electrons. The Morgan fingerprint density at radius 1 is 1.00 bits per heavy atom. The normalized spacial score (nSPS) is 10.3. The summed E-state index contributed by atoms with van der Waals surface area (Å²) in [5, 5.41) is 11.8. The highest BCUT2D eigenvalue weighted by Crippen LogP contribution is 2.19. The van der Waals surface area contributed by atoms with Crippen molar-refractivity contribution in [2.45, 2.75) is 5.03 Å². The lowest BCUT2D eigenvalue weighted by Gasteiger charge is -2.04. The third kappa shape index (κ3) is 4.33. The van der Waals surface area contributed by atoms with Crippen LogP contribution < -0.4 is 5.32 Å². The Kier molecular flexibility index (Phi) is 4.90. The van der Waals surface area contributed by atoms with Crippen LogP contribution in [0.1, 0.15) is 0 Å². The zero-order valence-electron chi connectivity index (χ0n) is 12.1. The fourth-order valence-corrected chi connectivity index (χ4v) is 2.46. The maximum atomic E-state index is 11.9. The first-order chi connectivity index (χ1) is 11.3. The molecular formula is C16H13N5OS. The number of hydrogen-bond donors (Lipinski definition) is 1. The molecule has 3 aromatic rings. The van der Waals surface area contributed by atoms with E-state index in [4.69, 9.17) is 0 Å². The lowest BCUT2D eigenvalue weighted by Crippen LogP contribution is -2.14. The number of nitrogens with zero attached hydrogens (tertiary/aromatic N) is 4. The van der Waals surface area contributed by atoms with Gasteiger partial charge < -0.3 is 5.32 Å². The second kappa shape index (κ2) is 7.46. The molecule has 3 aromatic heterocycles. The second-order valence-corrected chi connectivity index (χ2v) is 5.57. The van der Waals surface area contributed by atoms with E-state index in [9.17, 15) is 4.79 Å². The number of nitrogens with one attached hydrogen (secondary N) is 1. The Balaban J connectivity index is 1.55. The summed E-state index contributed by atoms with van der Waals surface area (Å²) in [6, 6.07) is 11.0. The minimum Gasteiger partial charge on any atom is -0.324 e. The van der Waals surface area contributed by atoms with Crippen LogP contribution in [0.2, 0.25) is 0 Å². The van der Waals surface area contributed by atoms with Crippen LogP contribution in [0.25, 0.3) is 11.3 Å². The summed E-state index contributed by atoms with van der Waals surface area (Å²) < 4.78 is 0. The topological polar surface area (TPSA) is 80.7 Å². The Morgan fingerprint density at radius 2 is 1.87 bits per heavy atom. The van der Waals surface area contributed by atoms with E-state index in [1.54, 1.807) is 36.9 Å². The Hall–Kier alpha value is -2.80. The van der Waals surface area contributed by atoms with Crippen LogP contribution >= 0.6 is 11.8 Å². The van der Waals surface area contributed by atoms with Gasteiger partial charge in [0.05, 0.1) is 23.3 Å². The third-order valence-electron chi connectivity index (χ3n) is 2.91. The smallest absolute Gasteiger partial charge is 0.234 e.